The zero-order valence-electron chi connectivity index (χ0n) is 13.1. The van der Waals surface area contributed by atoms with Crippen molar-refractivity contribution in [1.82, 2.24) is 5.32 Å². The molecule has 1 atom stereocenters. The van der Waals surface area contributed by atoms with Crippen molar-refractivity contribution >= 4 is 31.9 Å². The highest BCUT2D eigenvalue weighted by molar-refractivity contribution is 9.11. The molecule has 0 aliphatic rings. The molecule has 21 heavy (non-hydrogen) atoms. The van der Waals surface area contributed by atoms with Crippen LogP contribution in [0.2, 0.25) is 0 Å². The van der Waals surface area contributed by atoms with Crippen LogP contribution < -0.4 is 5.32 Å². The van der Waals surface area contributed by atoms with Crippen LogP contribution in [0.15, 0.2) is 25.5 Å². The number of rotatable bonds is 4. The number of aryl methyl sites for hydroxylation is 3. The Morgan fingerprint density at radius 1 is 1.05 bits per heavy atom. The SMILES string of the molecule is CCNC(c1cc(Br)c(C)cc1Br)c1c(C)oc(C)c1C. The average molecular weight is 415 g/mol. The molecule has 2 aromatic rings. The van der Waals surface area contributed by atoms with Gasteiger partial charge in [0.25, 0.3) is 0 Å². The molecule has 0 saturated heterocycles. The van der Waals surface area contributed by atoms with Crippen molar-refractivity contribution < 1.29 is 4.42 Å². The van der Waals surface area contributed by atoms with E-state index in [0.717, 1.165) is 27.0 Å². The molecule has 2 nitrogen and oxygen atoms in total. The molecule has 0 amide bonds. The monoisotopic (exact) mass is 413 g/mol. The molecule has 4 heteroatoms. The first kappa shape index (κ1) is 16.8. The number of hydrogen-bond acceptors (Lipinski definition) is 2. The van der Waals surface area contributed by atoms with Gasteiger partial charge >= 0.3 is 0 Å². The molecule has 0 bridgehead atoms. The van der Waals surface area contributed by atoms with Crippen LogP contribution in [0, 0.1) is 27.7 Å². The van der Waals surface area contributed by atoms with Gasteiger partial charge in [0.15, 0.2) is 0 Å². The number of benzene rings is 1. The summed E-state index contributed by atoms with van der Waals surface area (Å²) in [5.41, 5.74) is 4.91. The minimum absolute atomic E-state index is 0.124. The molecular weight excluding hydrogens is 394 g/mol. The van der Waals surface area contributed by atoms with E-state index in [-0.39, 0.29) is 6.04 Å². The fraction of sp³-hybridized carbons (Fsp3) is 0.412. The van der Waals surface area contributed by atoms with Crippen molar-refractivity contribution in [3.63, 3.8) is 0 Å². The maximum atomic E-state index is 5.82. The fourth-order valence-corrected chi connectivity index (χ4v) is 3.74. The molecule has 2 rings (SSSR count). The van der Waals surface area contributed by atoms with Crippen molar-refractivity contribution in [3.8, 4) is 0 Å². The first-order chi connectivity index (χ1) is 9.86. The maximum Gasteiger partial charge on any atom is 0.106 e. The van der Waals surface area contributed by atoms with Crippen molar-refractivity contribution in [3.05, 3.63) is 54.9 Å². The van der Waals surface area contributed by atoms with Gasteiger partial charge in [-0.25, -0.2) is 0 Å². The lowest BCUT2D eigenvalue weighted by Gasteiger charge is -2.21. The van der Waals surface area contributed by atoms with Crippen LogP contribution in [0.4, 0.5) is 0 Å². The lowest BCUT2D eigenvalue weighted by atomic mass is 9.94. The third-order valence-electron chi connectivity index (χ3n) is 3.90. The van der Waals surface area contributed by atoms with Gasteiger partial charge < -0.3 is 9.73 Å². The third-order valence-corrected chi connectivity index (χ3v) is 5.44. The van der Waals surface area contributed by atoms with Crippen LogP contribution in [0.25, 0.3) is 0 Å². The molecule has 1 aromatic carbocycles. The predicted molar refractivity (Wildman–Crippen MR) is 95.0 cm³/mol. The molecule has 1 heterocycles. The predicted octanol–water partition coefficient (Wildman–Crippen LogP) is 5.74. The van der Waals surface area contributed by atoms with E-state index in [9.17, 15) is 0 Å². The highest BCUT2D eigenvalue weighted by Gasteiger charge is 2.24. The van der Waals surface area contributed by atoms with Crippen LogP contribution in [0.3, 0.4) is 0 Å². The van der Waals surface area contributed by atoms with Gasteiger partial charge in [0.05, 0.1) is 6.04 Å². The van der Waals surface area contributed by atoms with E-state index in [2.05, 4.69) is 70.1 Å². The minimum atomic E-state index is 0.124. The lowest BCUT2D eigenvalue weighted by Crippen LogP contribution is -2.23. The molecule has 1 unspecified atom stereocenters. The Bertz CT molecular complexity index is 661. The smallest absolute Gasteiger partial charge is 0.106 e. The molecule has 0 fully saturated rings. The van der Waals surface area contributed by atoms with Crippen LogP contribution in [0.5, 0.6) is 0 Å². The maximum absolute atomic E-state index is 5.82. The summed E-state index contributed by atoms with van der Waals surface area (Å²) in [6, 6.07) is 4.47. The largest absolute Gasteiger partial charge is 0.466 e. The molecule has 0 saturated carbocycles. The molecule has 1 aromatic heterocycles. The van der Waals surface area contributed by atoms with E-state index >= 15 is 0 Å². The van der Waals surface area contributed by atoms with Gasteiger partial charge in [0.1, 0.15) is 11.5 Å². The van der Waals surface area contributed by atoms with Gasteiger partial charge in [-0.15, -0.1) is 0 Å². The Balaban J connectivity index is 2.61. The Labute approximate surface area is 143 Å². The Morgan fingerprint density at radius 3 is 2.24 bits per heavy atom. The van der Waals surface area contributed by atoms with E-state index < -0.39 is 0 Å². The quantitative estimate of drug-likeness (QED) is 0.690. The molecule has 1 N–H and O–H groups in total. The Kier molecular flexibility index (Phi) is 5.33. The van der Waals surface area contributed by atoms with Gasteiger partial charge in [0, 0.05) is 14.5 Å². The summed E-state index contributed by atoms with van der Waals surface area (Å²) in [5.74, 6) is 1.98. The van der Waals surface area contributed by atoms with Gasteiger partial charge in [-0.05, 0) is 63.1 Å². The second-order valence-corrected chi connectivity index (χ2v) is 7.08. The number of nitrogens with one attached hydrogen (secondary N) is 1. The average Bonchev–Trinajstić information content (AvgIpc) is 2.66. The fourth-order valence-electron chi connectivity index (χ4n) is 2.69. The zero-order valence-corrected chi connectivity index (χ0v) is 16.3. The standard InChI is InChI=1S/C17H21Br2NO/c1-6-20-17(16-10(3)11(4)21-12(16)5)13-8-14(18)9(2)7-15(13)19/h7-8,17,20H,6H2,1-5H3. The molecule has 114 valence electrons. The molecule has 0 aliphatic heterocycles. The second-order valence-electron chi connectivity index (χ2n) is 5.37. The van der Waals surface area contributed by atoms with Crippen LogP contribution in [-0.2, 0) is 0 Å². The summed E-state index contributed by atoms with van der Waals surface area (Å²) in [6.45, 7) is 11.3. The highest BCUT2D eigenvalue weighted by atomic mass is 79.9. The van der Waals surface area contributed by atoms with Crippen molar-refractivity contribution in [1.29, 1.82) is 0 Å². The summed E-state index contributed by atoms with van der Waals surface area (Å²) in [4.78, 5) is 0. The zero-order chi connectivity index (χ0) is 15.7. The van der Waals surface area contributed by atoms with Crippen molar-refractivity contribution in [2.24, 2.45) is 0 Å². The highest BCUT2D eigenvalue weighted by Crippen LogP contribution is 2.37. The van der Waals surface area contributed by atoms with Crippen LogP contribution in [-0.4, -0.2) is 6.54 Å². The molecule has 0 spiro atoms. The molecule has 0 aliphatic carbocycles. The van der Waals surface area contributed by atoms with E-state index in [1.807, 2.05) is 13.8 Å². The first-order valence-electron chi connectivity index (χ1n) is 7.12. The van der Waals surface area contributed by atoms with Gasteiger partial charge in [-0.3, -0.25) is 0 Å². The summed E-state index contributed by atoms with van der Waals surface area (Å²) in [5, 5.41) is 3.59. The van der Waals surface area contributed by atoms with E-state index in [0.29, 0.717) is 0 Å². The number of hydrogen-bond donors (Lipinski definition) is 1. The summed E-state index contributed by atoms with van der Waals surface area (Å²) < 4.78 is 8.06. The molecule has 0 radical (unpaired) electrons. The summed E-state index contributed by atoms with van der Waals surface area (Å²) in [7, 11) is 0. The molecular formula is C17H21Br2NO. The normalized spacial score (nSPS) is 12.7. The van der Waals surface area contributed by atoms with E-state index in [1.54, 1.807) is 0 Å². The second kappa shape index (κ2) is 6.67. The third kappa shape index (κ3) is 3.27. The summed E-state index contributed by atoms with van der Waals surface area (Å²) in [6.07, 6.45) is 0. The van der Waals surface area contributed by atoms with E-state index in [1.165, 1.54) is 22.3 Å². The van der Waals surface area contributed by atoms with E-state index in [4.69, 9.17) is 4.42 Å². The summed E-state index contributed by atoms with van der Waals surface area (Å²) >= 11 is 7.36. The number of halogens is 2. The van der Waals surface area contributed by atoms with Crippen molar-refractivity contribution in [2.45, 2.75) is 40.7 Å². The van der Waals surface area contributed by atoms with Crippen molar-refractivity contribution in [2.75, 3.05) is 6.54 Å². The van der Waals surface area contributed by atoms with Gasteiger partial charge in [-0.2, -0.15) is 0 Å². The van der Waals surface area contributed by atoms with Crippen LogP contribution >= 0.6 is 31.9 Å². The van der Waals surface area contributed by atoms with Crippen LogP contribution in [0.1, 0.15) is 46.7 Å². The topological polar surface area (TPSA) is 25.2 Å². The lowest BCUT2D eigenvalue weighted by molar-refractivity contribution is 0.494. The van der Waals surface area contributed by atoms with Gasteiger partial charge in [0.2, 0.25) is 0 Å². The Hall–Kier alpha value is -0.580. The van der Waals surface area contributed by atoms with Gasteiger partial charge in [-0.1, -0.05) is 38.8 Å². The Morgan fingerprint density at radius 2 is 1.71 bits per heavy atom. The number of furan rings is 1. The minimum Gasteiger partial charge on any atom is -0.466 e. The first-order valence-corrected chi connectivity index (χ1v) is 8.70.